The Kier molecular flexibility index (Phi) is 4.20. The largest absolute Gasteiger partial charge is 0.334 e. The number of hydrogen-bond acceptors (Lipinski definition) is 3. The minimum Gasteiger partial charge on any atom is -0.334 e. The van der Waals surface area contributed by atoms with Crippen LogP contribution in [-0.2, 0) is 20.0 Å². The molecule has 3 heterocycles. The molecule has 0 aliphatic carbocycles. The van der Waals surface area contributed by atoms with Crippen molar-refractivity contribution in [3.05, 3.63) is 34.9 Å². The van der Waals surface area contributed by atoms with Gasteiger partial charge in [0.15, 0.2) is 0 Å². The molecule has 1 saturated heterocycles. The van der Waals surface area contributed by atoms with Gasteiger partial charge in [-0.2, -0.15) is 10.2 Å². The molecule has 0 radical (unpaired) electrons. The zero-order valence-corrected chi connectivity index (χ0v) is 13.6. The van der Waals surface area contributed by atoms with Gasteiger partial charge >= 0.3 is 0 Å². The van der Waals surface area contributed by atoms with Crippen LogP contribution in [0.15, 0.2) is 18.5 Å². The Morgan fingerprint density at radius 2 is 2.27 bits per heavy atom. The van der Waals surface area contributed by atoms with Gasteiger partial charge in [0.2, 0.25) is 0 Å². The lowest BCUT2D eigenvalue weighted by molar-refractivity contribution is 0.0723. The minimum atomic E-state index is -0.0194. The number of halogens is 1. The molecule has 0 unspecified atom stereocenters. The van der Waals surface area contributed by atoms with E-state index in [0.29, 0.717) is 17.3 Å². The van der Waals surface area contributed by atoms with Gasteiger partial charge in [-0.3, -0.25) is 14.2 Å². The summed E-state index contributed by atoms with van der Waals surface area (Å²) in [4.78, 5) is 14.8. The number of nitrogens with zero attached hydrogens (tertiary/aromatic N) is 5. The molecule has 0 spiro atoms. The van der Waals surface area contributed by atoms with Crippen molar-refractivity contribution in [2.24, 2.45) is 7.05 Å². The van der Waals surface area contributed by atoms with Crippen molar-refractivity contribution in [1.82, 2.24) is 24.5 Å². The Bertz CT molecular complexity index is 677. The number of hydrogen-bond donors (Lipinski definition) is 0. The van der Waals surface area contributed by atoms with Crippen molar-refractivity contribution in [3.63, 3.8) is 0 Å². The number of aromatic nitrogens is 4. The normalized spacial score (nSPS) is 18.1. The third-order valence-electron chi connectivity index (χ3n) is 4.30. The van der Waals surface area contributed by atoms with Gasteiger partial charge in [-0.15, -0.1) is 0 Å². The van der Waals surface area contributed by atoms with Gasteiger partial charge in [0.1, 0.15) is 5.69 Å². The molecule has 3 rings (SSSR count). The highest BCUT2D eigenvalue weighted by Gasteiger charge is 2.32. The summed E-state index contributed by atoms with van der Waals surface area (Å²) in [5.41, 5.74) is 1.64. The molecule has 118 valence electrons. The van der Waals surface area contributed by atoms with Crippen LogP contribution >= 0.6 is 11.6 Å². The van der Waals surface area contributed by atoms with Crippen molar-refractivity contribution >= 4 is 17.5 Å². The van der Waals surface area contributed by atoms with Crippen LogP contribution in [0.4, 0.5) is 0 Å². The maximum absolute atomic E-state index is 12.9. The molecule has 22 heavy (non-hydrogen) atoms. The van der Waals surface area contributed by atoms with E-state index in [1.807, 2.05) is 29.6 Å². The zero-order valence-electron chi connectivity index (χ0n) is 12.9. The molecule has 0 saturated carbocycles. The Balaban J connectivity index is 1.82. The van der Waals surface area contributed by atoms with Gasteiger partial charge in [0.25, 0.3) is 5.91 Å². The Morgan fingerprint density at radius 1 is 1.45 bits per heavy atom. The van der Waals surface area contributed by atoms with Gasteiger partial charge in [0.05, 0.1) is 11.2 Å². The summed E-state index contributed by atoms with van der Waals surface area (Å²) in [5.74, 6) is -0.0194. The highest BCUT2D eigenvalue weighted by Crippen LogP contribution is 2.25. The van der Waals surface area contributed by atoms with E-state index in [2.05, 4.69) is 10.2 Å². The number of aryl methyl sites for hydroxylation is 2. The van der Waals surface area contributed by atoms with Crippen molar-refractivity contribution < 1.29 is 4.79 Å². The molecule has 1 amide bonds. The van der Waals surface area contributed by atoms with Crippen LogP contribution in [-0.4, -0.2) is 43.0 Å². The number of likely N-dealkylation sites (tertiary alicyclic amines) is 1. The molecule has 1 aliphatic heterocycles. The molecule has 0 N–H and O–H groups in total. The van der Waals surface area contributed by atoms with Crippen LogP contribution in [0.5, 0.6) is 0 Å². The quantitative estimate of drug-likeness (QED) is 0.867. The Hall–Kier alpha value is -1.82. The minimum absolute atomic E-state index is 0.0194. The number of amides is 1. The number of rotatable bonds is 4. The lowest BCUT2D eigenvalue weighted by Gasteiger charge is -2.25. The van der Waals surface area contributed by atoms with E-state index in [9.17, 15) is 4.79 Å². The second-order valence-corrected chi connectivity index (χ2v) is 6.01. The maximum atomic E-state index is 12.9. The predicted octanol–water partition coefficient (Wildman–Crippen LogP) is 2.14. The van der Waals surface area contributed by atoms with E-state index in [0.717, 1.165) is 31.5 Å². The van der Waals surface area contributed by atoms with Crippen LogP contribution in [0.2, 0.25) is 5.02 Å². The highest BCUT2D eigenvalue weighted by atomic mass is 35.5. The smallest absolute Gasteiger partial charge is 0.273 e. The summed E-state index contributed by atoms with van der Waals surface area (Å²) in [7, 11) is 1.93. The van der Waals surface area contributed by atoms with Gasteiger partial charge in [-0.25, -0.2) is 0 Å². The average molecular weight is 322 g/mol. The van der Waals surface area contributed by atoms with Crippen molar-refractivity contribution in [2.75, 3.05) is 6.54 Å². The molecular formula is C15H20ClN5O. The molecule has 2 aromatic rings. The number of carbonyl (C=O) groups excluding carboxylic acids is 1. The van der Waals surface area contributed by atoms with E-state index < -0.39 is 0 Å². The molecule has 0 bridgehead atoms. The first-order valence-corrected chi connectivity index (χ1v) is 7.98. The fourth-order valence-corrected chi connectivity index (χ4v) is 3.33. The maximum Gasteiger partial charge on any atom is 0.273 e. The summed E-state index contributed by atoms with van der Waals surface area (Å²) < 4.78 is 3.54. The van der Waals surface area contributed by atoms with E-state index in [1.165, 1.54) is 0 Å². The summed E-state index contributed by atoms with van der Waals surface area (Å²) in [6.07, 6.45) is 6.19. The first kappa shape index (κ1) is 15.1. The van der Waals surface area contributed by atoms with Gasteiger partial charge in [-0.1, -0.05) is 11.6 Å². The predicted molar refractivity (Wildman–Crippen MR) is 83.9 cm³/mol. The topological polar surface area (TPSA) is 56.0 Å². The number of carbonyl (C=O) groups is 1. The fraction of sp³-hybridized carbons (Fsp3) is 0.533. The Morgan fingerprint density at radius 3 is 2.95 bits per heavy atom. The highest BCUT2D eigenvalue weighted by molar-refractivity contribution is 6.33. The molecule has 6 nitrogen and oxygen atoms in total. The van der Waals surface area contributed by atoms with E-state index in [1.54, 1.807) is 17.1 Å². The van der Waals surface area contributed by atoms with E-state index in [-0.39, 0.29) is 11.9 Å². The van der Waals surface area contributed by atoms with Crippen LogP contribution in [0.1, 0.15) is 35.9 Å². The average Bonchev–Trinajstić information content (AvgIpc) is 3.20. The SMILES string of the molecule is CCn1ncc(Cl)c1C(=O)N1CCC[C@H]1Cc1ccnn1C. The van der Waals surface area contributed by atoms with Gasteiger partial charge in [-0.05, 0) is 25.8 Å². The zero-order chi connectivity index (χ0) is 15.7. The molecule has 0 aromatic carbocycles. The molecule has 2 aromatic heterocycles. The molecule has 1 aliphatic rings. The van der Waals surface area contributed by atoms with Crippen LogP contribution in [0.3, 0.4) is 0 Å². The molecule has 7 heteroatoms. The molecule has 1 atom stereocenters. The monoisotopic (exact) mass is 321 g/mol. The molecular weight excluding hydrogens is 302 g/mol. The third kappa shape index (κ3) is 2.63. The van der Waals surface area contributed by atoms with Crippen molar-refractivity contribution in [2.45, 2.75) is 38.8 Å². The lowest BCUT2D eigenvalue weighted by Crippen LogP contribution is -2.38. The summed E-state index contributed by atoms with van der Waals surface area (Å²) in [6, 6.07) is 2.20. The first-order chi connectivity index (χ1) is 10.6. The first-order valence-electron chi connectivity index (χ1n) is 7.61. The van der Waals surface area contributed by atoms with Gasteiger partial charge < -0.3 is 4.90 Å². The van der Waals surface area contributed by atoms with E-state index >= 15 is 0 Å². The fourth-order valence-electron chi connectivity index (χ4n) is 3.11. The Labute approximate surface area is 134 Å². The third-order valence-corrected chi connectivity index (χ3v) is 4.58. The van der Waals surface area contributed by atoms with Crippen LogP contribution in [0.25, 0.3) is 0 Å². The van der Waals surface area contributed by atoms with Crippen molar-refractivity contribution in [3.8, 4) is 0 Å². The van der Waals surface area contributed by atoms with Crippen LogP contribution < -0.4 is 0 Å². The standard InChI is InChI=1S/C15H20ClN5O/c1-3-21-14(13(16)10-18-21)15(22)20-8-4-5-12(20)9-11-6-7-17-19(11)2/h6-7,10,12H,3-5,8-9H2,1-2H3/t12-/m0/s1. The van der Waals surface area contributed by atoms with Crippen LogP contribution in [0, 0.1) is 0 Å². The summed E-state index contributed by atoms with van der Waals surface area (Å²) in [6.45, 7) is 3.36. The lowest BCUT2D eigenvalue weighted by atomic mass is 10.1. The summed E-state index contributed by atoms with van der Waals surface area (Å²) in [5, 5.41) is 8.79. The summed E-state index contributed by atoms with van der Waals surface area (Å²) >= 11 is 6.17. The van der Waals surface area contributed by atoms with Crippen molar-refractivity contribution in [1.29, 1.82) is 0 Å². The van der Waals surface area contributed by atoms with E-state index in [4.69, 9.17) is 11.6 Å². The second-order valence-electron chi connectivity index (χ2n) is 5.60. The van der Waals surface area contributed by atoms with Gasteiger partial charge in [0, 0.05) is 44.5 Å². The second kappa shape index (κ2) is 6.12. The molecule has 1 fully saturated rings.